The Morgan fingerprint density at radius 3 is 2.94 bits per heavy atom. The highest BCUT2D eigenvalue weighted by atomic mass is 79.9. The quantitative estimate of drug-likeness (QED) is 0.782. The van der Waals surface area contributed by atoms with Crippen LogP contribution in [-0.2, 0) is 6.54 Å². The molecular formula is C13H19BrN2O. The van der Waals surface area contributed by atoms with Gasteiger partial charge in [-0.25, -0.2) is 4.98 Å². The van der Waals surface area contributed by atoms with E-state index in [1.807, 2.05) is 6.07 Å². The minimum absolute atomic E-state index is 0.742. The lowest BCUT2D eigenvalue weighted by Gasteiger charge is -2.34. The number of halogens is 1. The van der Waals surface area contributed by atoms with Gasteiger partial charge in [-0.15, -0.1) is 0 Å². The van der Waals surface area contributed by atoms with E-state index >= 15 is 0 Å². The molecule has 0 unspecified atom stereocenters. The average Bonchev–Trinajstić information content (AvgIpc) is 2.27. The van der Waals surface area contributed by atoms with Gasteiger partial charge in [0.1, 0.15) is 0 Å². The zero-order valence-electron chi connectivity index (χ0n) is 10.4. The molecular weight excluding hydrogens is 280 g/mol. The Hall–Kier alpha value is -0.610. The van der Waals surface area contributed by atoms with E-state index in [1.165, 1.54) is 12.8 Å². The van der Waals surface area contributed by atoms with Gasteiger partial charge >= 0.3 is 0 Å². The van der Waals surface area contributed by atoms with Gasteiger partial charge in [-0.1, -0.05) is 22.0 Å². The molecule has 0 aliphatic heterocycles. The second-order valence-corrected chi connectivity index (χ2v) is 6.10. The third kappa shape index (κ3) is 3.42. The Balaban J connectivity index is 1.86. The SMILES string of the molecule is COc1ncccc1CN(C)CC1CC(Br)C1. The molecule has 0 saturated heterocycles. The van der Waals surface area contributed by atoms with Crippen molar-refractivity contribution in [3.05, 3.63) is 23.9 Å². The van der Waals surface area contributed by atoms with Crippen LogP contribution >= 0.6 is 15.9 Å². The molecule has 1 aliphatic rings. The first-order chi connectivity index (χ1) is 8.19. The Kier molecular flexibility index (Phi) is 4.40. The van der Waals surface area contributed by atoms with Crippen LogP contribution in [0.1, 0.15) is 18.4 Å². The van der Waals surface area contributed by atoms with Crippen molar-refractivity contribution in [3.8, 4) is 5.88 Å². The van der Waals surface area contributed by atoms with Crippen LogP contribution in [0.15, 0.2) is 18.3 Å². The Morgan fingerprint density at radius 2 is 2.29 bits per heavy atom. The fraction of sp³-hybridized carbons (Fsp3) is 0.615. The number of hydrogen-bond donors (Lipinski definition) is 0. The summed E-state index contributed by atoms with van der Waals surface area (Å²) in [5.74, 6) is 1.58. The molecule has 1 fully saturated rings. The molecule has 1 saturated carbocycles. The third-order valence-corrected chi connectivity index (χ3v) is 3.98. The number of nitrogens with zero attached hydrogens (tertiary/aromatic N) is 2. The van der Waals surface area contributed by atoms with Crippen molar-refractivity contribution in [3.63, 3.8) is 0 Å². The van der Waals surface area contributed by atoms with Gasteiger partial charge in [-0.2, -0.15) is 0 Å². The molecule has 94 valence electrons. The van der Waals surface area contributed by atoms with Crippen molar-refractivity contribution in [2.24, 2.45) is 5.92 Å². The number of rotatable bonds is 5. The summed E-state index contributed by atoms with van der Waals surface area (Å²) in [5, 5.41) is 0. The van der Waals surface area contributed by atoms with E-state index in [4.69, 9.17) is 4.74 Å². The van der Waals surface area contributed by atoms with Crippen molar-refractivity contribution in [2.45, 2.75) is 24.2 Å². The predicted molar refractivity (Wildman–Crippen MR) is 72.6 cm³/mol. The molecule has 0 amide bonds. The summed E-state index contributed by atoms with van der Waals surface area (Å²) in [7, 11) is 3.83. The van der Waals surface area contributed by atoms with Crippen LogP contribution in [0.5, 0.6) is 5.88 Å². The zero-order valence-corrected chi connectivity index (χ0v) is 12.0. The molecule has 1 aromatic rings. The van der Waals surface area contributed by atoms with Gasteiger partial charge < -0.3 is 9.64 Å². The maximum absolute atomic E-state index is 5.26. The van der Waals surface area contributed by atoms with E-state index in [0.717, 1.165) is 35.3 Å². The maximum atomic E-state index is 5.26. The average molecular weight is 299 g/mol. The minimum Gasteiger partial charge on any atom is -0.481 e. The van der Waals surface area contributed by atoms with Crippen molar-refractivity contribution in [2.75, 3.05) is 20.7 Å². The minimum atomic E-state index is 0.742. The van der Waals surface area contributed by atoms with Gasteiger partial charge in [0.25, 0.3) is 0 Å². The van der Waals surface area contributed by atoms with Gasteiger partial charge in [0, 0.05) is 29.7 Å². The maximum Gasteiger partial charge on any atom is 0.217 e. The highest BCUT2D eigenvalue weighted by molar-refractivity contribution is 9.09. The molecule has 1 aromatic heterocycles. The van der Waals surface area contributed by atoms with E-state index < -0.39 is 0 Å². The number of alkyl halides is 1. The van der Waals surface area contributed by atoms with E-state index in [2.05, 4.69) is 38.9 Å². The smallest absolute Gasteiger partial charge is 0.217 e. The molecule has 4 heteroatoms. The summed E-state index contributed by atoms with van der Waals surface area (Å²) >= 11 is 3.63. The highest BCUT2D eigenvalue weighted by Crippen LogP contribution is 2.33. The van der Waals surface area contributed by atoms with Crippen molar-refractivity contribution in [1.29, 1.82) is 0 Å². The van der Waals surface area contributed by atoms with Crippen LogP contribution in [0, 0.1) is 5.92 Å². The number of methoxy groups -OCH3 is 1. The molecule has 2 rings (SSSR count). The first-order valence-electron chi connectivity index (χ1n) is 5.99. The lowest BCUT2D eigenvalue weighted by molar-refractivity contribution is 0.206. The fourth-order valence-electron chi connectivity index (χ4n) is 2.33. The highest BCUT2D eigenvalue weighted by Gasteiger charge is 2.27. The van der Waals surface area contributed by atoms with E-state index in [0.29, 0.717) is 0 Å². The van der Waals surface area contributed by atoms with Crippen LogP contribution in [0.25, 0.3) is 0 Å². The monoisotopic (exact) mass is 298 g/mol. The lowest BCUT2D eigenvalue weighted by atomic mass is 9.85. The van der Waals surface area contributed by atoms with Crippen LogP contribution in [0.4, 0.5) is 0 Å². The largest absolute Gasteiger partial charge is 0.481 e. The summed E-state index contributed by atoms with van der Waals surface area (Å²) < 4.78 is 5.26. The normalized spacial score (nSPS) is 23.5. The van der Waals surface area contributed by atoms with Crippen molar-refractivity contribution >= 4 is 15.9 Å². The number of aromatic nitrogens is 1. The predicted octanol–water partition coefficient (Wildman–Crippen LogP) is 2.70. The van der Waals surface area contributed by atoms with Crippen LogP contribution in [0.2, 0.25) is 0 Å². The second-order valence-electron chi connectivity index (χ2n) is 4.80. The molecule has 17 heavy (non-hydrogen) atoms. The van der Waals surface area contributed by atoms with E-state index in [-0.39, 0.29) is 0 Å². The molecule has 0 spiro atoms. The second kappa shape index (κ2) is 5.83. The van der Waals surface area contributed by atoms with Crippen molar-refractivity contribution < 1.29 is 4.74 Å². The molecule has 0 aromatic carbocycles. The van der Waals surface area contributed by atoms with Crippen LogP contribution in [0.3, 0.4) is 0 Å². The van der Waals surface area contributed by atoms with Crippen LogP contribution in [-0.4, -0.2) is 35.4 Å². The number of pyridine rings is 1. The Labute approximate surface area is 111 Å². The van der Waals surface area contributed by atoms with Gasteiger partial charge in [0.05, 0.1) is 7.11 Å². The summed E-state index contributed by atoms with van der Waals surface area (Å²) in [6.45, 7) is 2.06. The van der Waals surface area contributed by atoms with Gasteiger partial charge in [-0.05, 0) is 31.9 Å². The lowest BCUT2D eigenvalue weighted by Crippen LogP contribution is -2.34. The van der Waals surface area contributed by atoms with Crippen molar-refractivity contribution in [1.82, 2.24) is 9.88 Å². The molecule has 1 aliphatic carbocycles. The fourth-order valence-corrected chi connectivity index (χ4v) is 3.39. The molecule has 0 bridgehead atoms. The molecule has 1 heterocycles. The summed E-state index contributed by atoms with van der Waals surface area (Å²) in [4.78, 5) is 7.31. The molecule has 0 N–H and O–H groups in total. The first kappa shape index (κ1) is 12.8. The summed E-state index contributed by atoms with van der Waals surface area (Å²) in [6, 6.07) is 4.04. The molecule has 0 radical (unpaired) electrons. The van der Waals surface area contributed by atoms with E-state index in [1.54, 1.807) is 13.3 Å². The van der Waals surface area contributed by atoms with Gasteiger partial charge in [0.15, 0.2) is 0 Å². The standard InChI is InChI=1S/C13H19BrN2O/c1-16(8-10-6-12(14)7-10)9-11-4-3-5-15-13(11)17-2/h3-5,10,12H,6-9H2,1-2H3. The van der Waals surface area contributed by atoms with Gasteiger partial charge in [-0.3, -0.25) is 0 Å². The first-order valence-corrected chi connectivity index (χ1v) is 6.91. The number of hydrogen-bond acceptors (Lipinski definition) is 3. The zero-order chi connectivity index (χ0) is 12.3. The van der Waals surface area contributed by atoms with Crippen LogP contribution < -0.4 is 4.74 Å². The molecule has 3 nitrogen and oxygen atoms in total. The van der Waals surface area contributed by atoms with E-state index in [9.17, 15) is 0 Å². The topological polar surface area (TPSA) is 25.4 Å². The number of ether oxygens (including phenoxy) is 1. The third-order valence-electron chi connectivity index (χ3n) is 3.23. The summed E-state index contributed by atoms with van der Waals surface area (Å²) in [6.07, 6.45) is 4.37. The summed E-state index contributed by atoms with van der Waals surface area (Å²) in [5.41, 5.74) is 1.16. The van der Waals surface area contributed by atoms with Gasteiger partial charge in [0.2, 0.25) is 5.88 Å². The Morgan fingerprint density at radius 1 is 1.53 bits per heavy atom. The molecule has 0 atom stereocenters. The Bertz CT molecular complexity index is 366.